The second-order valence-corrected chi connectivity index (χ2v) is 7.39. The molecule has 0 aromatic carbocycles. The molecule has 0 spiro atoms. The van der Waals surface area contributed by atoms with Gasteiger partial charge in [-0.1, -0.05) is 0 Å². The van der Waals surface area contributed by atoms with Crippen LogP contribution in [0.4, 0.5) is 10.6 Å². The third-order valence-electron chi connectivity index (χ3n) is 4.20. The summed E-state index contributed by atoms with van der Waals surface area (Å²) in [5, 5.41) is 0. The van der Waals surface area contributed by atoms with E-state index >= 15 is 0 Å². The molecule has 0 saturated heterocycles. The summed E-state index contributed by atoms with van der Waals surface area (Å²) in [6.07, 6.45) is 3.78. The zero-order valence-corrected chi connectivity index (χ0v) is 14.1. The highest BCUT2D eigenvalue weighted by Gasteiger charge is 2.34. The second kappa shape index (κ2) is 5.03. The summed E-state index contributed by atoms with van der Waals surface area (Å²) in [4.78, 5) is 35.3. The maximum atomic E-state index is 12.5. The lowest BCUT2D eigenvalue weighted by Crippen LogP contribution is -2.41. The Balaban J connectivity index is 1.80. The molecule has 4 rings (SSSR count). The molecule has 1 aliphatic carbocycles. The summed E-state index contributed by atoms with van der Waals surface area (Å²) in [6.45, 7) is 5.75. The number of carbonyl (C=O) groups is 2. The second-order valence-electron chi connectivity index (χ2n) is 7.39. The van der Waals surface area contributed by atoms with Crippen molar-refractivity contribution in [1.29, 1.82) is 0 Å². The van der Waals surface area contributed by atoms with Gasteiger partial charge in [-0.25, -0.2) is 14.8 Å². The van der Waals surface area contributed by atoms with Gasteiger partial charge in [-0.2, -0.15) is 0 Å². The van der Waals surface area contributed by atoms with Crippen LogP contribution in [-0.4, -0.2) is 38.6 Å². The molecule has 0 atom stereocenters. The van der Waals surface area contributed by atoms with Gasteiger partial charge >= 0.3 is 6.09 Å². The minimum absolute atomic E-state index is 0.0137. The van der Waals surface area contributed by atoms with Crippen LogP contribution in [0.3, 0.4) is 0 Å². The summed E-state index contributed by atoms with van der Waals surface area (Å²) >= 11 is 0. The smallest absolute Gasteiger partial charge is 0.416 e. The van der Waals surface area contributed by atoms with Crippen molar-refractivity contribution >= 4 is 28.9 Å². The normalized spacial score (nSPS) is 18.0. The fourth-order valence-corrected chi connectivity index (χ4v) is 2.93. The van der Waals surface area contributed by atoms with E-state index in [4.69, 9.17) is 4.74 Å². The average molecular weight is 328 g/mol. The van der Waals surface area contributed by atoms with Gasteiger partial charge in [0.05, 0.1) is 11.9 Å². The van der Waals surface area contributed by atoms with E-state index in [1.807, 2.05) is 25.3 Å². The number of Topliss-reactive ketones (excluding diaryl/α,β-unsaturated/α-hetero) is 1. The van der Waals surface area contributed by atoms with E-state index in [-0.39, 0.29) is 18.7 Å². The molecular weight excluding hydrogens is 308 g/mol. The summed E-state index contributed by atoms with van der Waals surface area (Å²) in [5.41, 5.74) is 1.26. The zero-order valence-electron chi connectivity index (χ0n) is 14.1. The molecule has 1 amide bonds. The van der Waals surface area contributed by atoms with E-state index in [1.54, 1.807) is 12.4 Å². The van der Waals surface area contributed by atoms with Gasteiger partial charge in [0.15, 0.2) is 17.2 Å². The van der Waals surface area contributed by atoms with Crippen molar-refractivity contribution in [3.05, 3.63) is 18.0 Å². The van der Waals surface area contributed by atoms with E-state index < -0.39 is 11.7 Å². The van der Waals surface area contributed by atoms with Crippen molar-refractivity contribution in [3.8, 4) is 0 Å². The number of fused-ring (bicyclic) bond motifs is 2. The predicted octanol–water partition coefficient (Wildman–Crippen LogP) is 3.09. The number of amides is 1. The van der Waals surface area contributed by atoms with E-state index in [0.717, 1.165) is 18.5 Å². The molecule has 1 aliphatic heterocycles. The Morgan fingerprint density at radius 2 is 2.08 bits per heavy atom. The highest BCUT2D eigenvalue weighted by molar-refractivity contribution is 6.08. The lowest BCUT2D eigenvalue weighted by molar-refractivity contribution is 0.0576. The van der Waals surface area contributed by atoms with Crippen LogP contribution in [-0.2, 0) is 4.74 Å². The molecule has 7 heteroatoms. The molecule has 0 unspecified atom stereocenters. The Labute approximate surface area is 139 Å². The largest absolute Gasteiger partial charge is 0.443 e. The molecule has 1 fully saturated rings. The quantitative estimate of drug-likeness (QED) is 0.804. The number of hydrogen-bond acceptors (Lipinski definition) is 5. The van der Waals surface area contributed by atoms with Gasteiger partial charge in [0, 0.05) is 19.0 Å². The topological polar surface area (TPSA) is 77.3 Å². The maximum Gasteiger partial charge on any atom is 0.416 e. The number of aromatic nitrogens is 3. The van der Waals surface area contributed by atoms with Crippen LogP contribution in [0.2, 0.25) is 0 Å². The van der Waals surface area contributed by atoms with E-state index in [1.165, 1.54) is 4.90 Å². The van der Waals surface area contributed by atoms with E-state index in [2.05, 4.69) is 9.97 Å². The fourth-order valence-electron chi connectivity index (χ4n) is 2.93. The Kier molecular flexibility index (Phi) is 3.16. The Bertz CT molecular complexity index is 845. The molecule has 0 N–H and O–H groups in total. The lowest BCUT2D eigenvalue weighted by Gasteiger charge is -2.30. The first kappa shape index (κ1) is 15.1. The van der Waals surface area contributed by atoms with Crippen molar-refractivity contribution < 1.29 is 14.3 Å². The van der Waals surface area contributed by atoms with Crippen molar-refractivity contribution in [2.45, 2.75) is 51.7 Å². The molecule has 2 aliphatic rings. The summed E-state index contributed by atoms with van der Waals surface area (Å²) in [5.74, 6) is 0.371. The van der Waals surface area contributed by atoms with Crippen LogP contribution in [0.25, 0.3) is 11.2 Å². The third kappa shape index (κ3) is 2.53. The van der Waals surface area contributed by atoms with Gasteiger partial charge in [0.25, 0.3) is 0 Å². The number of pyridine rings is 1. The molecule has 0 radical (unpaired) electrons. The van der Waals surface area contributed by atoms with Gasteiger partial charge in [-0.3, -0.25) is 9.69 Å². The van der Waals surface area contributed by atoms with Crippen LogP contribution in [0.5, 0.6) is 0 Å². The van der Waals surface area contributed by atoms with Crippen LogP contribution < -0.4 is 4.90 Å². The standard InChI is InChI=1S/C17H20N4O3/c1-17(2,3)24-16(23)20-7-6-13(22)11-8-12-15(19-14(11)20)21(9-18-12)10-4-5-10/h8-10H,4-7H2,1-3H3. The van der Waals surface area contributed by atoms with Crippen LogP contribution in [0.15, 0.2) is 12.4 Å². The monoisotopic (exact) mass is 328 g/mol. The molecule has 126 valence electrons. The van der Waals surface area contributed by atoms with Gasteiger partial charge in [0.1, 0.15) is 11.1 Å². The lowest BCUT2D eigenvalue weighted by atomic mass is 10.0. The third-order valence-corrected chi connectivity index (χ3v) is 4.20. The summed E-state index contributed by atoms with van der Waals surface area (Å²) in [7, 11) is 0. The maximum absolute atomic E-state index is 12.5. The number of ketones is 1. The van der Waals surface area contributed by atoms with Crippen LogP contribution in [0.1, 0.15) is 56.4 Å². The minimum Gasteiger partial charge on any atom is -0.443 e. The van der Waals surface area contributed by atoms with E-state index in [9.17, 15) is 9.59 Å². The SMILES string of the molecule is CC(C)(C)OC(=O)N1CCC(=O)c2cc3ncn(C4CC4)c3nc21. The number of carbonyl (C=O) groups excluding carboxylic acids is 2. The van der Waals surface area contributed by atoms with Crippen molar-refractivity contribution in [1.82, 2.24) is 14.5 Å². The van der Waals surface area contributed by atoms with Crippen molar-refractivity contribution in [2.24, 2.45) is 0 Å². The Morgan fingerprint density at radius 3 is 2.75 bits per heavy atom. The van der Waals surface area contributed by atoms with Crippen LogP contribution in [0, 0.1) is 0 Å². The van der Waals surface area contributed by atoms with Gasteiger partial charge < -0.3 is 9.30 Å². The molecule has 3 heterocycles. The van der Waals surface area contributed by atoms with Gasteiger partial charge in [-0.15, -0.1) is 0 Å². The number of nitrogens with zero attached hydrogens (tertiary/aromatic N) is 4. The summed E-state index contributed by atoms with van der Waals surface area (Å²) in [6, 6.07) is 2.17. The molecule has 2 aromatic heterocycles. The molecule has 2 aromatic rings. The molecule has 0 bridgehead atoms. The molecule has 24 heavy (non-hydrogen) atoms. The number of imidazole rings is 1. The first-order valence-electron chi connectivity index (χ1n) is 8.25. The fraction of sp³-hybridized carbons (Fsp3) is 0.529. The zero-order chi connectivity index (χ0) is 17.1. The van der Waals surface area contributed by atoms with Crippen LogP contribution >= 0.6 is 0 Å². The number of anilines is 1. The number of ether oxygens (including phenoxy) is 1. The Morgan fingerprint density at radius 1 is 1.33 bits per heavy atom. The average Bonchev–Trinajstić information content (AvgIpc) is 3.25. The van der Waals surface area contributed by atoms with Crippen molar-refractivity contribution in [2.75, 3.05) is 11.4 Å². The number of hydrogen-bond donors (Lipinski definition) is 0. The highest BCUT2D eigenvalue weighted by Crippen LogP contribution is 2.38. The first-order chi connectivity index (χ1) is 11.3. The molecule has 1 saturated carbocycles. The molecule has 7 nitrogen and oxygen atoms in total. The number of rotatable bonds is 1. The van der Waals surface area contributed by atoms with Gasteiger partial charge in [-0.05, 0) is 39.7 Å². The van der Waals surface area contributed by atoms with Crippen molar-refractivity contribution in [3.63, 3.8) is 0 Å². The first-order valence-corrected chi connectivity index (χ1v) is 8.25. The molecular formula is C17H20N4O3. The van der Waals surface area contributed by atoms with E-state index in [0.29, 0.717) is 22.9 Å². The Hall–Kier alpha value is -2.44. The van der Waals surface area contributed by atoms with Gasteiger partial charge in [0.2, 0.25) is 0 Å². The summed E-state index contributed by atoms with van der Waals surface area (Å²) < 4.78 is 7.50. The predicted molar refractivity (Wildman–Crippen MR) is 88.3 cm³/mol. The highest BCUT2D eigenvalue weighted by atomic mass is 16.6. The minimum atomic E-state index is -0.599.